The first-order chi connectivity index (χ1) is 12.3. The zero-order valence-corrected chi connectivity index (χ0v) is 16.8. The van der Waals surface area contributed by atoms with Crippen LogP contribution in [0.4, 0.5) is 4.39 Å². The van der Waals surface area contributed by atoms with Gasteiger partial charge in [-0.05, 0) is 67.3 Å². The minimum absolute atomic E-state index is 0. The predicted molar refractivity (Wildman–Crippen MR) is 108 cm³/mol. The standard InChI is InChI=1S/C22H26FNO.BrH/c23-19-9-3-6-17(16-19)13-15-24-14-5-12-22(24)25-21-11-4-8-18-7-1-2-10-20(18)21;/h1-3,6-7,9-10,16,21-22H,4-5,8,11-15H2;1H. The predicted octanol–water partition coefficient (Wildman–Crippen LogP) is 5.46. The molecule has 0 amide bonds. The number of likely N-dealkylation sites (tertiary alicyclic amines) is 1. The Kier molecular flexibility index (Phi) is 6.85. The number of hydrogen-bond donors (Lipinski definition) is 0. The molecule has 4 rings (SSSR count). The van der Waals surface area contributed by atoms with E-state index in [2.05, 4.69) is 29.2 Å². The van der Waals surface area contributed by atoms with Crippen molar-refractivity contribution in [3.8, 4) is 0 Å². The van der Waals surface area contributed by atoms with Crippen molar-refractivity contribution in [1.29, 1.82) is 0 Å². The lowest BCUT2D eigenvalue weighted by molar-refractivity contribution is -0.0873. The Labute approximate surface area is 166 Å². The number of halogens is 2. The van der Waals surface area contributed by atoms with Crippen LogP contribution in [0.1, 0.15) is 48.5 Å². The molecule has 1 saturated heterocycles. The average Bonchev–Trinajstić information content (AvgIpc) is 3.07. The second-order valence-corrected chi connectivity index (χ2v) is 7.23. The zero-order chi connectivity index (χ0) is 17.1. The first-order valence-corrected chi connectivity index (χ1v) is 9.51. The van der Waals surface area contributed by atoms with Gasteiger partial charge in [-0.2, -0.15) is 0 Å². The molecule has 2 nitrogen and oxygen atoms in total. The maximum absolute atomic E-state index is 13.4. The lowest BCUT2D eigenvalue weighted by atomic mass is 9.89. The molecule has 2 aliphatic rings. The van der Waals surface area contributed by atoms with Crippen molar-refractivity contribution < 1.29 is 9.13 Å². The van der Waals surface area contributed by atoms with Gasteiger partial charge in [0.1, 0.15) is 12.0 Å². The molecule has 26 heavy (non-hydrogen) atoms. The number of benzene rings is 2. The smallest absolute Gasteiger partial charge is 0.123 e. The van der Waals surface area contributed by atoms with Gasteiger partial charge in [-0.25, -0.2) is 4.39 Å². The average molecular weight is 420 g/mol. The summed E-state index contributed by atoms with van der Waals surface area (Å²) in [5.74, 6) is -0.148. The third kappa shape index (κ3) is 4.54. The molecule has 0 aromatic heterocycles. The molecule has 140 valence electrons. The monoisotopic (exact) mass is 419 g/mol. The SMILES string of the molecule is Br.Fc1cccc(CCN2CCCC2OC2CCCc3ccccc32)c1. The number of ether oxygens (including phenoxy) is 1. The minimum Gasteiger partial charge on any atom is -0.355 e. The van der Waals surface area contributed by atoms with Crippen LogP contribution < -0.4 is 0 Å². The highest BCUT2D eigenvalue weighted by Crippen LogP contribution is 2.35. The summed E-state index contributed by atoms with van der Waals surface area (Å²) in [6.45, 7) is 2.01. The summed E-state index contributed by atoms with van der Waals surface area (Å²) in [5.41, 5.74) is 3.89. The van der Waals surface area contributed by atoms with Gasteiger partial charge in [0.05, 0.1) is 6.10 Å². The Hall–Kier alpha value is -1.23. The van der Waals surface area contributed by atoms with Crippen molar-refractivity contribution in [2.45, 2.75) is 50.9 Å². The van der Waals surface area contributed by atoms with E-state index in [1.807, 2.05) is 6.07 Å². The molecule has 0 N–H and O–H groups in total. The van der Waals surface area contributed by atoms with Gasteiger partial charge in [-0.15, -0.1) is 17.0 Å². The van der Waals surface area contributed by atoms with E-state index in [9.17, 15) is 4.39 Å². The Morgan fingerprint density at radius 2 is 1.92 bits per heavy atom. The van der Waals surface area contributed by atoms with E-state index in [0.29, 0.717) is 0 Å². The van der Waals surface area contributed by atoms with Crippen LogP contribution in [0.15, 0.2) is 48.5 Å². The van der Waals surface area contributed by atoms with E-state index in [4.69, 9.17) is 4.74 Å². The van der Waals surface area contributed by atoms with Crippen molar-refractivity contribution in [1.82, 2.24) is 4.90 Å². The number of aryl methyl sites for hydroxylation is 1. The Bertz CT molecular complexity index is 723. The molecule has 1 fully saturated rings. The van der Waals surface area contributed by atoms with Crippen LogP contribution >= 0.6 is 17.0 Å². The van der Waals surface area contributed by atoms with E-state index in [1.54, 1.807) is 12.1 Å². The summed E-state index contributed by atoms with van der Waals surface area (Å²) in [7, 11) is 0. The Morgan fingerprint density at radius 3 is 2.81 bits per heavy atom. The molecule has 0 spiro atoms. The third-order valence-electron chi connectivity index (χ3n) is 5.52. The van der Waals surface area contributed by atoms with Gasteiger partial charge in [-0.3, -0.25) is 4.90 Å². The summed E-state index contributed by atoms with van der Waals surface area (Å²) >= 11 is 0. The first-order valence-electron chi connectivity index (χ1n) is 9.51. The molecule has 2 aromatic rings. The molecular formula is C22H27BrFNO. The molecule has 2 unspecified atom stereocenters. The maximum atomic E-state index is 13.4. The van der Waals surface area contributed by atoms with Gasteiger partial charge >= 0.3 is 0 Å². The summed E-state index contributed by atoms with van der Waals surface area (Å²) in [4.78, 5) is 2.43. The van der Waals surface area contributed by atoms with E-state index in [-0.39, 0.29) is 35.1 Å². The lowest BCUT2D eigenvalue weighted by Crippen LogP contribution is -2.35. The molecule has 1 aliphatic heterocycles. The molecule has 0 saturated carbocycles. The zero-order valence-electron chi connectivity index (χ0n) is 15.1. The van der Waals surface area contributed by atoms with Crippen molar-refractivity contribution in [2.24, 2.45) is 0 Å². The normalized spacial score (nSPS) is 22.7. The van der Waals surface area contributed by atoms with Crippen LogP contribution in [0, 0.1) is 5.82 Å². The van der Waals surface area contributed by atoms with E-state index in [0.717, 1.165) is 37.9 Å². The fourth-order valence-corrected chi connectivity index (χ4v) is 4.21. The van der Waals surface area contributed by atoms with Gasteiger partial charge in [0.15, 0.2) is 0 Å². The van der Waals surface area contributed by atoms with E-state index in [1.165, 1.54) is 36.5 Å². The summed E-state index contributed by atoms with van der Waals surface area (Å²) in [6, 6.07) is 15.7. The van der Waals surface area contributed by atoms with Crippen LogP contribution in [0.25, 0.3) is 0 Å². The van der Waals surface area contributed by atoms with Gasteiger partial charge in [-0.1, -0.05) is 36.4 Å². The molecule has 4 heteroatoms. The summed E-state index contributed by atoms with van der Waals surface area (Å²) in [5, 5.41) is 0. The topological polar surface area (TPSA) is 12.5 Å². The number of rotatable bonds is 5. The molecule has 0 bridgehead atoms. The lowest BCUT2D eigenvalue weighted by Gasteiger charge is -2.32. The van der Waals surface area contributed by atoms with E-state index >= 15 is 0 Å². The van der Waals surface area contributed by atoms with Crippen LogP contribution in [0.3, 0.4) is 0 Å². The molecule has 0 radical (unpaired) electrons. The van der Waals surface area contributed by atoms with Gasteiger partial charge in [0.25, 0.3) is 0 Å². The van der Waals surface area contributed by atoms with Gasteiger partial charge in [0, 0.05) is 13.1 Å². The molecule has 2 atom stereocenters. The minimum atomic E-state index is -0.148. The highest BCUT2D eigenvalue weighted by atomic mass is 79.9. The van der Waals surface area contributed by atoms with E-state index < -0.39 is 0 Å². The summed E-state index contributed by atoms with van der Waals surface area (Å²) in [6.07, 6.45) is 7.07. The maximum Gasteiger partial charge on any atom is 0.123 e. The second-order valence-electron chi connectivity index (χ2n) is 7.23. The fourth-order valence-electron chi connectivity index (χ4n) is 4.21. The number of nitrogens with zero attached hydrogens (tertiary/aromatic N) is 1. The first kappa shape index (κ1) is 19.5. The number of fused-ring (bicyclic) bond motifs is 1. The van der Waals surface area contributed by atoms with Crippen molar-refractivity contribution in [3.05, 3.63) is 71.0 Å². The van der Waals surface area contributed by atoms with Crippen molar-refractivity contribution in [2.75, 3.05) is 13.1 Å². The highest BCUT2D eigenvalue weighted by Gasteiger charge is 2.30. The Morgan fingerprint density at radius 1 is 1.04 bits per heavy atom. The van der Waals surface area contributed by atoms with Gasteiger partial charge < -0.3 is 4.74 Å². The van der Waals surface area contributed by atoms with Crippen molar-refractivity contribution >= 4 is 17.0 Å². The second kappa shape index (κ2) is 9.12. The van der Waals surface area contributed by atoms with Crippen LogP contribution in [-0.2, 0) is 17.6 Å². The highest BCUT2D eigenvalue weighted by molar-refractivity contribution is 8.93. The molecule has 2 aromatic carbocycles. The van der Waals surface area contributed by atoms with Crippen LogP contribution in [-0.4, -0.2) is 24.2 Å². The fraction of sp³-hybridized carbons (Fsp3) is 0.455. The van der Waals surface area contributed by atoms with Crippen molar-refractivity contribution in [3.63, 3.8) is 0 Å². The number of hydrogen-bond acceptors (Lipinski definition) is 2. The molecular weight excluding hydrogens is 393 g/mol. The third-order valence-corrected chi connectivity index (χ3v) is 5.52. The van der Waals surface area contributed by atoms with Crippen LogP contribution in [0.2, 0.25) is 0 Å². The largest absolute Gasteiger partial charge is 0.355 e. The quantitative estimate of drug-likeness (QED) is 0.637. The summed E-state index contributed by atoms with van der Waals surface area (Å²) < 4.78 is 19.9. The molecule has 1 heterocycles. The Balaban J connectivity index is 0.00000196. The van der Waals surface area contributed by atoms with Gasteiger partial charge in [0.2, 0.25) is 0 Å². The molecule has 1 aliphatic carbocycles. The van der Waals surface area contributed by atoms with Crippen LogP contribution in [0.5, 0.6) is 0 Å².